The van der Waals surface area contributed by atoms with Crippen LogP contribution < -0.4 is 10.1 Å². The van der Waals surface area contributed by atoms with Crippen LogP contribution in [-0.2, 0) is 7.05 Å². The molecule has 3 aromatic rings. The average molecular weight is 476 g/mol. The summed E-state index contributed by atoms with van der Waals surface area (Å²) in [6.45, 7) is 3.98. The van der Waals surface area contributed by atoms with Gasteiger partial charge in [-0.25, -0.2) is 0 Å². The number of ether oxygens (including phenoxy) is 1. The predicted octanol–water partition coefficient (Wildman–Crippen LogP) is 5.72. The number of hydrogen-bond donors (Lipinski definition) is 1. The molecule has 4 rings (SSSR count). The Balaban J connectivity index is 1.58. The van der Waals surface area contributed by atoms with Gasteiger partial charge >= 0.3 is 0 Å². The van der Waals surface area contributed by atoms with E-state index in [0.29, 0.717) is 6.61 Å². The number of aromatic nitrogens is 2. The Morgan fingerprint density at radius 2 is 1.83 bits per heavy atom. The summed E-state index contributed by atoms with van der Waals surface area (Å²) in [6.07, 6.45) is 4.39. The second-order valence-electron chi connectivity index (χ2n) is 7.20. The average Bonchev–Trinajstić information content (AvgIpc) is 3.34. The second-order valence-corrected chi connectivity index (χ2v) is 8.50. The Morgan fingerprint density at radius 1 is 1.10 bits per heavy atom. The molecule has 0 saturated carbocycles. The van der Waals surface area contributed by atoms with Gasteiger partial charge in [0.15, 0.2) is 0 Å². The first-order valence-corrected chi connectivity index (χ1v) is 11.0. The van der Waals surface area contributed by atoms with E-state index in [1.54, 1.807) is 0 Å². The van der Waals surface area contributed by atoms with Crippen LogP contribution in [0, 0.1) is 0 Å². The molecule has 5 nitrogen and oxygen atoms in total. The molecule has 2 heterocycles. The maximum Gasteiger partial charge on any atom is 0.128 e. The molecular formula is C22H24BrClN4O. The first kappa shape index (κ1) is 20.3. The fourth-order valence-corrected chi connectivity index (χ4v) is 4.31. The molecule has 29 heavy (non-hydrogen) atoms. The Morgan fingerprint density at radius 3 is 2.52 bits per heavy atom. The predicted molar refractivity (Wildman–Crippen MR) is 122 cm³/mol. The van der Waals surface area contributed by atoms with E-state index in [4.69, 9.17) is 16.3 Å². The summed E-state index contributed by atoms with van der Waals surface area (Å²) in [6, 6.07) is 13.8. The number of benzene rings is 2. The van der Waals surface area contributed by atoms with Crippen molar-refractivity contribution in [3.05, 3.63) is 58.2 Å². The molecule has 0 radical (unpaired) electrons. The first-order chi connectivity index (χ1) is 14.1. The Hall–Kier alpha value is -2.02. The molecule has 0 unspecified atom stereocenters. The zero-order chi connectivity index (χ0) is 20.2. The van der Waals surface area contributed by atoms with Crippen LogP contribution in [0.15, 0.2) is 53.1 Å². The number of likely N-dealkylation sites (tertiary alicyclic amines) is 1. The highest BCUT2D eigenvalue weighted by Crippen LogP contribution is 2.37. The van der Waals surface area contributed by atoms with Gasteiger partial charge in [-0.05, 0) is 84.3 Å². The quantitative estimate of drug-likeness (QED) is 0.474. The van der Waals surface area contributed by atoms with Crippen molar-refractivity contribution in [1.29, 1.82) is 0 Å². The van der Waals surface area contributed by atoms with Crippen LogP contribution in [0.1, 0.15) is 12.8 Å². The van der Waals surface area contributed by atoms with Gasteiger partial charge in [-0.2, -0.15) is 5.10 Å². The fraction of sp³-hybridized carbons (Fsp3) is 0.318. The van der Waals surface area contributed by atoms with E-state index in [2.05, 4.69) is 37.3 Å². The van der Waals surface area contributed by atoms with E-state index < -0.39 is 0 Å². The standard InChI is InChI=1S/C22H24BrClN4O/c1-27-22(20(23)15-25-27)19-14-18(26-17-6-4-16(24)5-7-17)8-9-21(19)29-13-12-28-10-2-3-11-28/h4-9,14-15,26H,2-3,10-13H2,1H3. The first-order valence-electron chi connectivity index (χ1n) is 9.80. The highest BCUT2D eigenvalue weighted by Gasteiger charge is 2.16. The van der Waals surface area contributed by atoms with Crippen molar-refractivity contribution in [2.45, 2.75) is 12.8 Å². The largest absolute Gasteiger partial charge is 0.492 e. The number of halogens is 2. The van der Waals surface area contributed by atoms with E-state index in [-0.39, 0.29) is 0 Å². The summed E-state index contributed by atoms with van der Waals surface area (Å²) < 4.78 is 9.00. The monoisotopic (exact) mass is 474 g/mol. The number of anilines is 2. The third-order valence-electron chi connectivity index (χ3n) is 5.13. The number of rotatable bonds is 7. The molecule has 152 valence electrons. The van der Waals surface area contributed by atoms with Crippen LogP contribution in [0.2, 0.25) is 5.02 Å². The highest BCUT2D eigenvalue weighted by atomic mass is 79.9. The highest BCUT2D eigenvalue weighted by molar-refractivity contribution is 9.10. The van der Waals surface area contributed by atoms with E-state index >= 15 is 0 Å². The van der Waals surface area contributed by atoms with Crippen molar-refractivity contribution in [1.82, 2.24) is 14.7 Å². The zero-order valence-corrected chi connectivity index (χ0v) is 18.7. The molecule has 0 amide bonds. The minimum absolute atomic E-state index is 0.673. The molecule has 1 saturated heterocycles. The lowest BCUT2D eigenvalue weighted by Crippen LogP contribution is -2.25. The summed E-state index contributed by atoms with van der Waals surface area (Å²) in [4.78, 5) is 2.45. The molecule has 1 aliphatic heterocycles. The van der Waals surface area contributed by atoms with Crippen molar-refractivity contribution >= 4 is 38.9 Å². The minimum atomic E-state index is 0.673. The maximum absolute atomic E-state index is 6.20. The van der Waals surface area contributed by atoms with E-state index in [0.717, 1.165) is 44.4 Å². The molecule has 1 fully saturated rings. The van der Waals surface area contributed by atoms with E-state index in [1.807, 2.05) is 54.3 Å². The number of nitrogens with one attached hydrogen (secondary N) is 1. The lowest BCUT2D eigenvalue weighted by atomic mass is 10.1. The molecule has 7 heteroatoms. The van der Waals surface area contributed by atoms with Gasteiger partial charge in [-0.3, -0.25) is 9.58 Å². The van der Waals surface area contributed by atoms with Crippen LogP contribution in [0.25, 0.3) is 11.3 Å². The molecule has 1 N–H and O–H groups in total. The van der Waals surface area contributed by atoms with Crippen molar-refractivity contribution in [3.8, 4) is 17.0 Å². The molecule has 0 bridgehead atoms. The van der Waals surface area contributed by atoms with Crippen LogP contribution in [0.5, 0.6) is 5.75 Å². The van der Waals surface area contributed by atoms with Gasteiger partial charge in [0.1, 0.15) is 12.4 Å². The summed E-state index contributed by atoms with van der Waals surface area (Å²) in [7, 11) is 1.94. The maximum atomic E-state index is 6.20. The van der Waals surface area contributed by atoms with Crippen LogP contribution in [-0.4, -0.2) is 40.9 Å². The third-order valence-corrected chi connectivity index (χ3v) is 5.96. The minimum Gasteiger partial charge on any atom is -0.492 e. The number of nitrogens with zero attached hydrogens (tertiary/aromatic N) is 3. The van der Waals surface area contributed by atoms with Crippen molar-refractivity contribution in [2.24, 2.45) is 7.05 Å². The smallest absolute Gasteiger partial charge is 0.128 e. The van der Waals surface area contributed by atoms with Gasteiger partial charge in [0, 0.05) is 35.6 Å². The van der Waals surface area contributed by atoms with Gasteiger partial charge in [0.2, 0.25) is 0 Å². The summed E-state index contributed by atoms with van der Waals surface area (Å²) >= 11 is 9.62. The van der Waals surface area contributed by atoms with Crippen molar-refractivity contribution in [3.63, 3.8) is 0 Å². The van der Waals surface area contributed by atoms with E-state index in [1.165, 1.54) is 25.9 Å². The summed E-state index contributed by atoms with van der Waals surface area (Å²) in [5.74, 6) is 0.857. The molecule has 2 aromatic carbocycles. The van der Waals surface area contributed by atoms with Crippen LogP contribution >= 0.6 is 27.5 Å². The zero-order valence-electron chi connectivity index (χ0n) is 16.4. The van der Waals surface area contributed by atoms with Gasteiger partial charge in [0.05, 0.1) is 16.4 Å². The molecular weight excluding hydrogens is 452 g/mol. The molecule has 0 atom stereocenters. The second kappa shape index (κ2) is 9.20. The van der Waals surface area contributed by atoms with Gasteiger partial charge in [0.25, 0.3) is 0 Å². The lowest BCUT2D eigenvalue weighted by molar-refractivity contribution is 0.238. The fourth-order valence-electron chi connectivity index (χ4n) is 3.62. The summed E-state index contributed by atoms with van der Waals surface area (Å²) in [5, 5.41) is 8.52. The van der Waals surface area contributed by atoms with Crippen LogP contribution in [0.4, 0.5) is 11.4 Å². The lowest BCUT2D eigenvalue weighted by Gasteiger charge is -2.18. The molecule has 1 aliphatic rings. The number of hydrogen-bond acceptors (Lipinski definition) is 4. The van der Waals surface area contributed by atoms with Gasteiger partial charge < -0.3 is 10.1 Å². The summed E-state index contributed by atoms with van der Waals surface area (Å²) in [5.41, 5.74) is 3.94. The Kier molecular flexibility index (Phi) is 6.43. The number of aryl methyl sites for hydroxylation is 1. The Labute approximate surface area is 184 Å². The van der Waals surface area contributed by atoms with Gasteiger partial charge in [-0.15, -0.1) is 0 Å². The van der Waals surface area contributed by atoms with Crippen LogP contribution in [0.3, 0.4) is 0 Å². The van der Waals surface area contributed by atoms with Crippen molar-refractivity contribution < 1.29 is 4.74 Å². The van der Waals surface area contributed by atoms with Crippen molar-refractivity contribution in [2.75, 3.05) is 31.6 Å². The molecule has 0 spiro atoms. The Bertz CT molecular complexity index is 948. The molecule has 1 aromatic heterocycles. The SMILES string of the molecule is Cn1ncc(Br)c1-c1cc(Nc2ccc(Cl)cc2)ccc1OCCN1CCCC1. The topological polar surface area (TPSA) is 42.3 Å². The van der Waals surface area contributed by atoms with E-state index in [9.17, 15) is 0 Å². The third kappa shape index (κ3) is 4.94. The molecule has 0 aliphatic carbocycles. The normalized spacial score (nSPS) is 14.3. The van der Waals surface area contributed by atoms with Gasteiger partial charge in [-0.1, -0.05) is 11.6 Å².